The van der Waals surface area contributed by atoms with Gasteiger partial charge >= 0.3 is 0 Å². The SMILES string of the molecule is Cc1ccc(C=CC(=O)N2CCN(C(=O)C3COc4ccccc4O3)CC2)o1. The van der Waals surface area contributed by atoms with E-state index in [9.17, 15) is 9.59 Å². The zero-order valence-electron chi connectivity index (χ0n) is 15.7. The summed E-state index contributed by atoms with van der Waals surface area (Å²) in [6, 6.07) is 11.0. The monoisotopic (exact) mass is 382 g/mol. The van der Waals surface area contributed by atoms with Gasteiger partial charge in [0.05, 0.1) is 0 Å². The maximum absolute atomic E-state index is 12.7. The van der Waals surface area contributed by atoms with Crippen molar-refractivity contribution in [2.45, 2.75) is 13.0 Å². The summed E-state index contributed by atoms with van der Waals surface area (Å²) in [4.78, 5) is 28.5. The van der Waals surface area contributed by atoms with Crippen LogP contribution in [0.25, 0.3) is 6.08 Å². The first-order valence-corrected chi connectivity index (χ1v) is 9.31. The molecule has 0 N–H and O–H groups in total. The van der Waals surface area contributed by atoms with E-state index in [0.717, 1.165) is 5.76 Å². The molecule has 0 spiro atoms. The number of rotatable bonds is 3. The number of ether oxygens (including phenoxy) is 2. The lowest BCUT2D eigenvalue weighted by Gasteiger charge is -2.36. The molecule has 2 amide bonds. The molecule has 28 heavy (non-hydrogen) atoms. The zero-order valence-corrected chi connectivity index (χ0v) is 15.7. The molecular weight excluding hydrogens is 360 g/mol. The molecule has 146 valence electrons. The highest BCUT2D eigenvalue weighted by Gasteiger charge is 2.33. The van der Waals surface area contributed by atoms with Crippen molar-refractivity contribution in [3.63, 3.8) is 0 Å². The number of piperazine rings is 1. The fourth-order valence-electron chi connectivity index (χ4n) is 3.29. The number of fused-ring (bicyclic) bond motifs is 1. The second-order valence-corrected chi connectivity index (χ2v) is 6.80. The number of para-hydroxylation sites is 2. The minimum atomic E-state index is -0.653. The van der Waals surface area contributed by atoms with Crippen LogP contribution in [0.15, 0.2) is 46.9 Å². The quantitative estimate of drug-likeness (QED) is 0.761. The fourth-order valence-corrected chi connectivity index (χ4v) is 3.29. The van der Waals surface area contributed by atoms with Crippen molar-refractivity contribution < 1.29 is 23.5 Å². The summed E-state index contributed by atoms with van der Waals surface area (Å²) in [6.45, 7) is 3.96. The molecule has 0 radical (unpaired) electrons. The maximum atomic E-state index is 12.7. The standard InChI is InChI=1S/C21H22N2O5/c1-15-6-7-16(27-15)8-9-20(24)22-10-12-23(13-11-22)21(25)19-14-26-17-4-2-3-5-18(17)28-19/h2-9,19H,10-14H2,1H3. The lowest BCUT2D eigenvalue weighted by molar-refractivity contribution is -0.145. The molecule has 2 aliphatic rings. The van der Waals surface area contributed by atoms with Gasteiger partial charge in [0.15, 0.2) is 11.5 Å². The second-order valence-electron chi connectivity index (χ2n) is 6.80. The Hall–Kier alpha value is -3.22. The summed E-state index contributed by atoms with van der Waals surface area (Å²) in [7, 11) is 0. The van der Waals surface area contributed by atoms with E-state index < -0.39 is 6.10 Å². The molecule has 1 atom stereocenters. The van der Waals surface area contributed by atoms with Crippen LogP contribution in [0.5, 0.6) is 11.5 Å². The predicted octanol–water partition coefficient (Wildman–Crippen LogP) is 2.11. The first kappa shape index (κ1) is 18.2. The largest absolute Gasteiger partial charge is 0.485 e. The van der Waals surface area contributed by atoms with Crippen molar-refractivity contribution in [3.05, 3.63) is 54.0 Å². The Labute approximate surface area is 163 Å². The molecule has 1 unspecified atom stereocenters. The van der Waals surface area contributed by atoms with E-state index in [1.54, 1.807) is 21.9 Å². The summed E-state index contributed by atoms with van der Waals surface area (Å²) in [5, 5.41) is 0. The lowest BCUT2D eigenvalue weighted by Crippen LogP contribution is -2.54. The van der Waals surface area contributed by atoms with Crippen LogP contribution in [0.2, 0.25) is 0 Å². The van der Waals surface area contributed by atoms with Crippen LogP contribution < -0.4 is 9.47 Å². The van der Waals surface area contributed by atoms with Gasteiger partial charge < -0.3 is 23.7 Å². The van der Waals surface area contributed by atoms with Crippen LogP contribution in [0, 0.1) is 6.92 Å². The Morgan fingerprint density at radius 2 is 1.71 bits per heavy atom. The Morgan fingerprint density at radius 1 is 1.00 bits per heavy atom. The molecule has 7 heteroatoms. The molecule has 4 rings (SSSR count). The minimum absolute atomic E-state index is 0.0904. The van der Waals surface area contributed by atoms with E-state index in [-0.39, 0.29) is 18.4 Å². The maximum Gasteiger partial charge on any atom is 0.267 e. The number of amides is 2. The summed E-state index contributed by atoms with van der Waals surface area (Å²) in [6.07, 6.45) is 2.52. The Bertz CT molecular complexity index is 896. The highest BCUT2D eigenvalue weighted by molar-refractivity contribution is 5.91. The number of aryl methyl sites for hydroxylation is 1. The molecule has 0 bridgehead atoms. The summed E-state index contributed by atoms with van der Waals surface area (Å²) in [5.74, 6) is 2.49. The topological polar surface area (TPSA) is 72.2 Å². The van der Waals surface area contributed by atoms with Crippen LogP contribution >= 0.6 is 0 Å². The predicted molar refractivity (Wildman–Crippen MR) is 102 cm³/mol. The second kappa shape index (κ2) is 7.80. The number of carbonyl (C=O) groups is 2. The van der Waals surface area contributed by atoms with Crippen molar-refractivity contribution in [1.29, 1.82) is 0 Å². The first-order valence-electron chi connectivity index (χ1n) is 9.31. The van der Waals surface area contributed by atoms with Gasteiger partial charge in [0, 0.05) is 32.3 Å². The third kappa shape index (κ3) is 3.88. The number of carbonyl (C=O) groups excluding carboxylic acids is 2. The molecule has 1 aromatic heterocycles. The van der Waals surface area contributed by atoms with Crippen LogP contribution in [-0.2, 0) is 9.59 Å². The van der Waals surface area contributed by atoms with Crippen molar-refractivity contribution in [2.75, 3.05) is 32.8 Å². The molecule has 1 fully saturated rings. The molecule has 2 aromatic rings. The minimum Gasteiger partial charge on any atom is -0.485 e. The van der Waals surface area contributed by atoms with Gasteiger partial charge in [-0.2, -0.15) is 0 Å². The Balaban J connectivity index is 1.30. The normalized spacial score (nSPS) is 19.1. The number of benzene rings is 1. The number of furan rings is 1. The smallest absolute Gasteiger partial charge is 0.267 e. The molecule has 7 nitrogen and oxygen atoms in total. The van der Waals surface area contributed by atoms with Crippen LogP contribution in [0.4, 0.5) is 0 Å². The highest BCUT2D eigenvalue weighted by atomic mass is 16.6. The average Bonchev–Trinajstić information content (AvgIpc) is 3.16. The molecule has 1 saturated heterocycles. The lowest BCUT2D eigenvalue weighted by atomic mass is 10.2. The summed E-state index contributed by atoms with van der Waals surface area (Å²) >= 11 is 0. The molecule has 3 heterocycles. The van der Waals surface area contributed by atoms with E-state index >= 15 is 0 Å². The van der Waals surface area contributed by atoms with Gasteiger partial charge in [0.25, 0.3) is 5.91 Å². The van der Waals surface area contributed by atoms with E-state index in [2.05, 4.69) is 0 Å². The average molecular weight is 382 g/mol. The summed E-state index contributed by atoms with van der Waals surface area (Å²) < 4.78 is 16.8. The number of nitrogens with zero attached hydrogens (tertiary/aromatic N) is 2. The third-order valence-electron chi connectivity index (χ3n) is 4.84. The van der Waals surface area contributed by atoms with Gasteiger partial charge in [-0.1, -0.05) is 12.1 Å². The van der Waals surface area contributed by atoms with Crippen LogP contribution in [0.1, 0.15) is 11.5 Å². The van der Waals surface area contributed by atoms with E-state index in [1.165, 1.54) is 6.08 Å². The Morgan fingerprint density at radius 3 is 2.43 bits per heavy atom. The van der Waals surface area contributed by atoms with Crippen molar-refractivity contribution in [1.82, 2.24) is 9.80 Å². The van der Waals surface area contributed by atoms with Crippen LogP contribution in [0.3, 0.4) is 0 Å². The number of hydrogen-bond donors (Lipinski definition) is 0. The van der Waals surface area contributed by atoms with Gasteiger partial charge in [-0.05, 0) is 37.3 Å². The Kier molecular flexibility index (Phi) is 5.06. The van der Waals surface area contributed by atoms with Gasteiger partial charge in [-0.3, -0.25) is 9.59 Å². The van der Waals surface area contributed by atoms with Crippen molar-refractivity contribution in [2.24, 2.45) is 0 Å². The van der Waals surface area contributed by atoms with E-state index in [1.807, 2.05) is 37.3 Å². The van der Waals surface area contributed by atoms with Gasteiger partial charge in [0.2, 0.25) is 12.0 Å². The van der Waals surface area contributed by atoms with E-state index in [4.69, 9.17) is 13.9 Å². The first-order chi connectivity index (χ1) is 13.6. The van der Waals surface area contributed by atoms with Gasteiger partial charge in [-0.15, -0.1) is 0 Å². The van der Waals surface area contributed by atoms with E-state index in [0.29, 0.717) is 43.4 Å². The van der Waals surface area contributed by atoms with Crippen molar-refractivity contribution in [3.8, 4) is 11.5 Å². The molecule has 0 saturated carbocycles. The third-order valence-corrected chi connectivity index (χ3v) is 4.84. The van der Waals surface area contributed by atoms with Crippen molar-refractivity contribution >= 4 is 17.9 Å². The molecule has 0 aliphatic carbocycles. The molecule has 1 aromatic carbocycles. The number of hydrogen-bond acceptors (Lipinski definition) is 5. The highest BCUT2D eigenvalue weighted by Crippen LogP contribution is 2.31. The molecular formula is C21H22N2O5. The van der Waals surface area contributed by atoms with Crippen LogP contribution in [-0.4, -0.2) is 60.5 Å². The zero-order chi connectivity index (χ0) is 19.5. The van der Waals surface area contributed by atoms with Gasteiger partial charge in [0.1, 0.15) is 18.1 Å². The molecule has 2 aliphatic heterocycles. The summed E-state index contributed by atoms with van der Waals surface area (Å²) in [5.41, 5.74) is 0. The fraction of sp³-hybridized carbons (Fsp3) is 0.333. The van der Waals surface area contributed by atoms with Gasteiger partial charge in [-0.25, -0.2) is 0 Å².